The number of hydrogen-bond donors (Lipinski definition) is 0. The highest BCUT2D eigenvalue weighted by Crippen LogP contribution is 2.53. The zero-order chi connectivity index (χ0) is 95.0. The minimum atomic E-state index is -4.84. The molecule has 0 aliphatic rings. The Balaban J connectivity index is 0.000000156. The summed E-state index contributed by atoms with van der Waals surface area (Å²) in [6.07, 6.45) is -2.52. The number of pyridine rings is 4. The van der Waals surface area contributed by atoms with Crippen LogP contribution in [-0.2, 0) is 12.4 Å². The summed E-state index contributed by atoms with van der Waals surface area (Å²) in [7, 11) is 0. The van der Waals surface area contributed by atoms with Gasteiger partial charge in [-0.3, -0.25) is 19.9 Å². The molecule has 8 heterocycles. The summed E-state index contributed by atoms with van der Waals surface area (Å²) >= 11 is 0. The van der Waals surface area contributed by atoms with Gasteiger partial charge in [0.15, 0.2) is 11.4 Å². The molecule has 24 rings (SSSR count). The van der Waals surface area contributed by atoms with E-state index >= 15 is 26.3 Å². The summed E-state index contributed by atoms with van der Waals surface area (Å²) in [5, 5.41) is 18.4. The summed E-state index contributed by atoms with van der Waals surface area (Å²) in [5.41, 5.74) is 19.8. The van der Waals surface area contributed by atoms with Gasteiger partial charge in [0.2, 0.25) is 5.69 Å². The van der Waals surface area contributed by atoms with Crippen LogP contribution in [-0.4, -0.2) is 38.2 Å². The van der Waals surface area contributed by atoms with E-state index in [1.54, 1.807) is 49.1 Å². The van der Waals surface area contributed by atoms with Crippen LogP contribution in [0, 0.1) is 31.0 Å². The fourth-order valence-electron chi connectivity index (χ4n) is 19.9. The summed E-state index contributed by atoms with van der Waals surface area (Å²) in [5.74, 6) is 0. The minimum Gasteiger partial charge on any atom is -0.319 e. The molecular formula is C122H70F6N12. The average Bonchev–Trinajstić information content (AvgIpc) is 1.53. The lowest BCUT2D eigenvalue weighted by Gasteiger charge is -2.22. The molecular weight excluding hydrogens is 1750 g/mol. The van der Waals surface area contributed by atoms with E-state index in [0.717, 1.165) is 183 Å². The lowest BCUT2D eigenvalue weighted by atomic mass is 9.93. The molecule has 0 spiro atoms. The Morgan fingerprint density at radius 3 is 0.871 bits per heavy atom. The van der Waals surface area contributed by atoms with Gasteiger partial charge in [0.1, 0.15) is 6.07 Å². The molecule has 0 bridgehead atoms. The van der Waals surface area contributed by atoms with Crippen molar-refractivity contribution in [2.45, 2.75) is 12.4 Å². The second-order valence-corrected chi connectivity index (χ2v) is 34.1. The molecule has 0 atom stereocenters. The van der Waals surface area contributed by atoms with Crippen LogP contribution in [0.25, 0.3) is 236 Å². The molecule has 660 valence electrons. The Morgan fingerprint density at radius 2 is 0.514 bits per heavy atom. The van der Waals surface area contributed by atoms with Gasteiger partial charge >= 0.3 is 12.4 Å². The van der Waals surface area contributed by atoms with Crippen molar-refractivity contribution in [2.24, 2.45) is 0 Å². The van der Waals surface area contributed by atoms with Crippen LogP contribution >= 0.6 is 0 Å². The van der Waals surface area contributed by atoms with Gasteiger partial charge in [-0.2, -0.15) is 31.6 Å². The van der Waals surface area contributed by atoms with Crippen molar-refractivity contribution in [3.8, 4) is 141 Å². The highest BCUT2D eigenvalue weighted by Gasteiger charge is 2.39. The van der Waals surface area contributed by atoms with Crippen molar-refractivity contribution in [3.05, 3.63) is 476 Å². The number of halogens is 6. The minimum absolute atomic E-state index is 0.139. The lowest BCUT2D eigenvalue weighted by molar-refractivity contribution is -0.137. The third kappa shape index (κ3) is 14.9. The molecule has 0 saturated carbocycles. The molecule has 0 fully saturated rings. The first-order chi connectivity index (χ1) is 68.5. The van der Waals surface area contributed by atoms with E-state index in [2.05, 4.69) is 70.9 Å². The van der Waals surface area contributed by atoms with E-state index in [0.29, 0.717) is 28.3 Å². The fourth-order valence-corrected chi connectivity index (χ4v) is 19.9. The molecule has 18 heteroatoms. The summed E-state index contributed by atoms with van der Waals surface area (Å²) < 4.78 is 101. The average molecular weight is 1820 g/mol. The predicted molar refractivity (Wildman–Crippen MR) is 549 cm³/mol. The maximum atomic E-state index is 15.5. The molecule has 12 nitrogen and oxygen atoms in total. The highest BCUT2D eigenvalue weighted by molar-refractivity contribution is 6.16. The molecule has 0 amide bonds. The second kappa shape index (κ2) is 34.7. The van der Waals surface area contributed by atoms with Gasteiger partial charge in [-0.15, -0.1) is 0 Å². The van der Waals surface area contributed by atoms with Crippen LogP contribution in [0.4, 0.5) is 43.4 Å². The van der Waals surface area contributed by atoms with Crippen LogP contribution in [0.3, 0.4) is 0 Å². The van der Waals surface area contributed by atoms with E-state index in [1.807, 2.05) is 328 Å². The summed E-state index contributed by atoms with van der Waals surface area (Å²) in [6, 6.07) is 128. The summed E-state index contributed by atoms with van der Waals surface area (Å²) in [4.78, 5) is 30.1. The van der Waals surface area contributed by atoms with Gasteiger partial charge in [-0.25, -0.2) is 14.5 Å². The molecule has 0 unspecified atom stereocenters. The molecule has 24 aromatic rings. The number of para-hydroxylation sites is 4. The van der Waals surface area contributed by atoms with Crippen molar-refractivity contribution in [1.29, 1.82) is 5.26 Å². The quantitative estimate of drug-likeness (QED) is 0.0796. The number of fused-ring (bicyclic) bond motifs is 12. The molecule has 8 aromatic heterocycles. The van der Waals surface area contributed by atoms with Crippen molar-refractivity contribution in [3.63, 3.8) is 0 Å². The van der Waals surface area contributed by atoms with Crippen molar-refractivity contribution in [2.75, 3.05) is 0 Å². The smallest absolute Gasteiger partial charge is 0.319 e. The van der Waals surface area contributed by atoms with Crippen LogP contribution in [0.5, 0.6) is 0 Å². The molecule has 140 heavy (non-hydrogen) atoms. The number of rotatable bonds is 14. The second-order valence-electron chi connectivity index (χ2n) is 34.1. The summed E-state index contributed by atoms with van der Waals surface area (Å²) in [6.45, 7) is 25.3. The van der Waals surface area contributed by atoms with E-state index in [9.17, 15) is 5.26 Å². The Morgan fingerprint density at radius 1 is 0.229 bits per heavy atom. The number of benzene rings is 16. The SMILES string of the molecule is [C-]#[N+]c1cc(-n2c3ccccc3c3cc(-c4ccnc(-c5ccccc5)c4)ccc32)c(-c2c([N+]#[C-])cccc2C(F)(F)F)cc1-n1c2ccccc2c2cc(-c3ccnc(-c4ccccc4)c3)ccc21.[C-]#[N+]c1cccc(C(F)(F)F)c1-c1cc(-n2c3ccccc3c3ccc(-c4ccnc(-c5ccccc5)c4)cc32)c(C#N)cc1-n1c2ccccc2c2ccc(-c3ccnc(-c4ccccc4)c3)cc21. The number of aromatic nitrogens is 8. The molecule has 0 N–H and O–H groups in total. The number of nitrogens with zero attached hydrogens (tertiary/aromatic N) is 12. The van der Waals surface area contributed by atoms with Crippen molar-refractivity contribution >= 4 is 104 Å². The third-order valence-corrected chi connectivity index (χ3v) is 26.2. The van der Waals surface area contributed by atoms with Gasteiger partial charge < -0.3 is 18.3 Å². The molecule has 0 radical (unpaired) electrons. The van der Waals surface area contributed by atoms with Crippen LogP contribution in [0.1, 0.15) is 16.7 Å². The standard InChI is InChI=1S/2C61H35F3N6/c1-65-50-21-13-20-49(61(62,63)64)60(50)48-36-59(70-55-23-12-10-19-45(55)47-33-41(25-27-57(47)70)43-29-31-68-52(35-43)39-16-7-4-8-17-39)53(66-2)37-58(48)69-54-22-11-9-18-44(54)46-32-40(24-26-56(46)69)42-28-30-67-51(34-42)38-14-5-3-6-15-38;1-66-51-20-12-19-50(61(62,63)64)60(51)49-36-56(69-54-21-10-8-17-45(54)47-25-23-40(33-57(47)69)42-27-29-67-52(31-42)38-13-4-2-5-14-38)44(37-65)35-59(49)70-55-22-11-9-18-46(55)48-26-24-41(34-58(48)70)43-28-30-68-53(32-43)39-15-6-3-7-16-39/h3-37H;2-36H. The maximum absolute atomic E-state index is 15.5. The number of hydrogen-bond acceptors (Lipinski definition) is 5. The Labute approximate surface area is 798 Å². The molecule has 0 saturated heterocycles. The zero-order valence-corrected chi connectivity index (χ0v) is 74.0. The van der Waals surface area contributed by atoms with Crippen LogP contribution in [0.2, 0.25) is 0 Å². The van der Waals surface area contributed by atoms with Gasteiger partial charge in [-0.05, 0) is 189 Å². The first-order valence-corrected chi connectivity index (χ1v) is 45.1. The van der Waals surface area contributed by atoms with Gasteiger partial charge in [0.25, 0.3) is 0 Å². The number of nitriles is 1. The van der Waals surface area contributed by atoms with Gasteiger partial charge in [0.05, 0.1) is 120 Å². The van der Waals surface area contributed by atoms with Gasteiger partial charge in [-0.1, -0.05) is 267 Å². The van der Waals surface area contributed by atoms with Crippen molar-refractivity contribution < 1.29 is 26.3 Å². The normalized spacial score (nSPS) is 11.6. The molecule has 0 aliphatic heterocycles. The topological polar surface area (TPSA) is 108 Å². The first kappa shape index (κ1) is 85.1. The monoisotopic (exact) mass is 1820 g/mol. The fraction of sp³-hybridized carbons (Fsp3) is 0.0164. The largest absolute Gasteiger partial charge is 0.415 e. The van der Waals surface area contributed by atoms with Gasteiger partial charge in [0, 0.05) is 107 Å². The number of alkyl halides is 6. The molecule has 0 aliphatic carbocycles. The Hall–Kier alpha value is -19.1. The van der Waals surface area contributed by atoms with E-state index in [-0.39, 0.29) is 44.9 Å². The Bertz CT molecular complexity index is 9350. The first-order valence-electron chi connectivity index (χ1n) is 45.1. The predicted octanol–water partition coefficient (Wildman–Crippen LogP) is 33.6. The zero-order valence-electron chi connectivity index (χ0n) is 74.0. The van der Waals surface area contributed by atoms with Crippen molar-refractivity contribution in [1.82, 2.24) is 38.2 Å². The van der Waals surface area contributed by atoms with Crippen LogP contribution < -0.4 is 0 Å². The lowest BCUT2D eigenvalue weighted by Crippen LogP contribution is -2.10. The maximum Gasteiger partial charge on any atom is 0.415 e. The van der Waals surface area contributed by atoms with E-state index < -0.39 is 23.5 Å². The van der Waals surface area contributed by atoms with Crippen LogP contribution in [0.15, 0.2) is 425 Å². The Kier molecular flexibility index (Phi) is 21.1. The third-order valence-electron chi connectivity index (χ3n) is 26.2. The molecule has 16 aromatic carbocycles. The highest BCUT2D eigenvalue weighted by atomic mass is 19.4. The van der Waals surface area contributed by atoms with E-state index in [4.69, 9.17) is 19.7 Å². The van der Waals surface area contributed by atoms with E-state index in [1.165, 1.54) is 24.3 Å².